The third-order valence-electron chi connectivity index (χ3n) is 3.06. The second kappa shape index (κ2) is 6.77. The first-order valence-electron chi connectivity index (χ1n) is 6.32. The zero-order valence-corrected chi connectivity index (χ0v) is 12.3. The molecule has 2 aromatic rings. The van der Waals surface area contributed by atoms with Crippen LogP contribution in [0.3, 0.4) is 0 Å². The van der Waals surface area contributed by atoms with Crippen LogP contribution in [0, 0.1) is 12.7 Å². The van der Waals surface area contributed by atoms with Crippen molar-refractivity contribution in [1.82, 2.24) is 0 Å². The Bertz CT molecular complexity index is 586. The Hall–Kier alpha value is -1.52. The van der Waals surface area contributed by atoms with Crippen molar-refractivity contribution in [1.29, 1.82) is 0 Å². The Morgan fingerprint density at radius 3 is 2.65 bits per heavy atom. The molecule has 0 aliphatic carbocycles. The van der Waals surface area contributed by atoms with Gasteiger partial charge in [0.25, 0.3) is 0 Å². The molecule has 0 spiro atoms. The molecule has 0 fully saturated rings. The fourth-order valence-electron chi connectivity index (χ4n) is 1.92. The number of hydrogen-bond donors (Lipinski definition) is 1. The molecule has 2 aromatic carbocycles. The molecule has 0 saturated heterocycles. The number of aliphatic hydroxyl groups is 1. The monoisotopic (exact) mass is 292 g/mol. The third kappa shape index (κ3) is 3.32. The molecule has 0 aliphatic rings. The van der Waals surface area contributed by atoms with Crippen LogP contribution < -0.4 is 4.74 Å². The van der Waals surface area contributed by atoms with Gasteiger partial charge >= 0.3 is 0 Å². The van der Waals surface area contributed by atoms with E-state index < -0.39 is 11.9 Å². The molecule has 4 heteroatoms. The lowest BCUT2D eigenvalue weighted by Gasteiger charge is -2.14. The number of ether oxygens (including phenoxy) is 1. The molecule has 1 N–H and O–H groups in total. The molecule has 0 radical (unpaired) electrons. The third-order valence-corrected chi connectivity index (χ3v) is 4.31. The van der Waals surface area contributed by atoms with Gasteiger partial charge in [-0.15, -0.1) is 11.8 Å². The maximum atomic E-state index is 14.0. The van der Waals surface area contributed by atoms with Crippen molar-refractivity contribution in [3.05, 3.63) is 59.4 Å². The Labute approximate surface area is 122 Å². The summed E-state index contributed by atoms with van der Waals surface area (Å²) in [5.41, 5.74) is 1.42. The summed E-state index contributed by atoms with van der Waals surface area (Å²) in [4.78, 5) is 1.09. The van der Waals surface area contributed by atoms with E-state index in [1.165, 1.54) is 18.9 Å². The standard InChI is InChI=1S/C16H17FO2S/c1-11-6-3-4-9-15(11)20-10-13(18)12-7-5-8-14(19-2)16(12)17/h3-9,13,18H,10H2,1-2H3. The quantitative estimate of drug-likeness (QED) is 0.846. The molecule has 2 rings (SSSR count). The van der Waals surface area contributed by atoms with Gasteiger partial charge in [0.2, 0.25) is 0 Å². The highest BCUT2D eigenvalue weighted by molar-refractivity contribution is 7.99. The first-order chi connectivity index (χ1) is 9.63. The van der Waals surface area contributed by atoms with E-state index in [2.05, 4.69) is 0 Å². The number of hydrogen-bond acceptors (Lipinski definition) is 3. The Kier molecular flexibility index (Phi) is 5.04. The van der Waals surface area contributed by atoms with Crippen LogP contribution in [-0.4, -0.2) is 18.0 Å². The molecule has 20 heavy (non-hydrogen) atoms. The van der Waals surface area contributed by atoms with Gasteiger partial charge in [0, 0.05) is 16.2 Å². The SMILES string of the molecule is COc1cccc(C(O)CSc2ccccc2C)c1F. The van der Waals surface area contributed by atoms with E-state index in [4.69, 9.17) is 4.74 Å². The minimum absolute atomic E-state index is 0.155. The van der Waals surface area contributed by atoms with Crippen molar-refractivity contribution in [3.63, 3.8) is 0 Å². The highest BCUT2D eigenvalue weighted by Gasteiger charge is 2.16. The highest BCUT2D eigenvalue weighted by atomic mass is 32.2. The molecule has 0 aliphatic heterocycles. The minimum atomic E-state index is -0.866. The van der Waals surface area contributed by atoms with Crippen LogP contribution in [0.4, 0.5) is 4.39 Å². The van der Waals surface area contributed by atoms with Gasteiger partial charge in [-0.3, -0.25) is 0 Å². The maximum Gasteiger partial charge on any atom is 0.170 e. The van der Waals surface area contributed by atoms with Crippen molar-refractivity contribution in [2.24, 2.45) is 0 Å². The van der Waals surface area contributed by atoms with Crippen molar-refractivity contribution in [2.45, 2.75) is 17.9 Å². The second-order valence-corrected chi connectivity index (χ2v) is 5.52. The molecule has 106 valence electrons. The molecular weight excluding hydrogens is 275 g/mol. The van der Waals surface area contributed by atoms with Crippen molar-refractivity contribution < 1.29 is 14.2 Å². The van der Waals surface area contributed by atoms with E-state index in [1.807, 2.05) is 31.2 Å². The molecule has 0 bridgehead atoms. The van der Waals surface area contributed by atoms with E-state index in [1.54, 1.807) is 18.2 Å². The number of halogens is 1. The lowest BCUT2D eigenvalue weighted by atomic mass is 10.1. The van der Waals surface area contributed by atoms with Crippen LogP contribution in [-0.2, 0) is 0 Å². The average molecular weight is 292 g/mol. The van der Waals surface area contributed by atoms with Crippen LogP contribution in [0.1, 0.15) is 17.2 Å². The van der Waals surface area contributed by atoms with E-state index in [-0.39, 0.29) is 11.3 Å². The Morgan fingerprint density at radius 2 is 1.95 bits per heavy atom. The van der Waals surface area contributed by atoms with Gasteiger partial charge in [0.15, 0.2) is 11.6 Å². The van der Waals surface area contributed by atoms with E-state index in [9.17, 15) is 9.50 Å². The van der Waals surface area contributed by atoms with Crippen molar-refractivity contribution >= 4 is 11.8 Å². The summed E-state index contributed by atoms with van der Waals surface area (Å²) in [7, 11) is 1.41. The molecule has 1 unspecified atom stereocenters. The smallest absolute Gasteiger partial charge is 0.170 e. The maximum absolute atomic E-state index is 14.0. The Balaban J connectivity index is 2.09. The molecule has 0 saturated carbocycles. The second-order valence-electron chi connectivity index (χ2n) is 4.46. The number of rotatable bonds is 5. The van der Waals surface area contributed by atoms with Crippen molar-refractivity contribution in [3.8, 4) is 5.75 Å². The summed E-state index contributed by atoms with van der Waals surface area (Å²) in [6, 6.07) is 12.7. The number of aryl methyl sites for hydroxylation is 1. The summed E-state index contributed by atoms with van der Waals surface area (Å²) < 4.78 is 19.0. The number of benzene rings is 2. The molecule has 2 nitrogen and oxygen atoms in total. The van der Waals surface area contributed by atoms with E-state index >= 15 is 0 Å². The summed E-state index contributed by atoms with van der Waals surface area (Å²) in [6.45, 7) is 2.01. The lowest BCUT2D eigenvalue weighted by molar-refractivity contribution is 0.197. The molecule has 1 atom stereocenters. The van der Waals surface area contributed by atoms with Gasteiger partial charge in [0.05, 0.1) is 13.2 Å². The topological polar surface area (TPSA) is 29.5 Å². The highest BCUT2D eigenvalue weighted by Crippen LogP contribution is 2.30. The van der Waals surface area contributed by atoms with E-state index in [0.717, 1.165) is 10.5 Å². The van der Waals surface area contributed by atoms with Crippen LogP contribution in [0.25, 0.3) is 0 Å². The summed E-state index contributed by atoms with van der Waals surface area (Å²) in [6.07, 6.45) is -0.866. The van der Waals surface area contributed by atoms with E-state index in [0.29, 0.717) is 5.75 Å². The van der Waals surface area contributed by atoms with Gasteiger partial charge in [-0.1, -0.05) is 30.3 Å². The van der Waals surface area contributed by atoms with Gasteiger partial charge < -0.3 is 9.84 Å². The lowest BCUT2D eigenvalue weighted by Crippen LogP contribution is -2.05. The molecule has 0 amide bonds. The first kappa shape index (κ1) is 14.9. The fourth-order valence-corrected chi connectivity index (χ4v) is 2.91. The number of aliphatic hydroxyl groups excluding tert-OH is 1. The fraction of sp³-hybridized carbons (Fsp3) is 0.250. The predicted molar refractivity (Wildman–Crippen MR) is 79.8 cm³/mol. The van der Waals surface area contributed by atoms with Crippen LogP contribution in [0.5, 0.6) is 5.75 Å². The normalized spacial score (nSPS) is 12.2. The van der Waals surface area contributed by atoms with Crippen LogP contribution >= 0.6 is 11.8 Å². The van der Waals surface area contributed by atoms with Crippen LogP contribution in [0.2, 0.25) is 0 Å². The number of methoxy groups -OCH3 is 1. The molecule has 0 aromatic heterocycles. The largest absolute Gasteiger partial charge is 0.494 e. The zero-order chi connectivity index (χ0) is 14.5. The van der Waals surface area contributed by atoms with Crippen LogP contribution in [0.15, 0.2) is 47.4 Å². The molecular formula is C16H17FO2S. The Morgan fingerprint density at radius 1 is 1.20 bits per heavy atom. The summed E-state index contributed by atoms with van der Waals surface area (Å²) >= 11 is 1.51. The number of thioether (sulfide) groups is 1. The van der Waals surface area contributed by atoms with Crippen molar-refractivity contribution in [2.75, 3.05) is 12.9 Å². The van der Waals surface area contributed by atoms with Gasteiger partial charge in [-0.2, -0.15) is 0 Å². The minimum Gasteiger partial charge on any atom is -0.494 e. The molecule has 0 heterocycles. The predicted octanol–water partition coefficient (Wildman–Crippen LogP) is 3.97. The van der Waals surface area contributed by atoms with Gasteiger partial charge in [-0.05, 0) is 24.6 Å². The zero-order valence-electron chi connectivity index (χ0n) is 11.5. The van der Waals surface area contributed by atoms with Gasteiger partial charge in [0.1, 0.15) is 0 Å². The first-order valence-corrected chi connectivity index (χ1v) is 7.31. The summed E-state index contributed by atoms with van der Waals surface area (Å²) in [5, 5.41) is 10.2. The average Bonchev–Trinajstić information content (AvgIpc) is 2.46. The van der Waals surface area contributed by atoms with Gasteiger partial charge in [-0.25, -0.2) is 4.39 Å². The summed E-state index contributed by atoms with van der Waals surface area (Å²) in [5.74, 6) is 0.0601.